The average Bonchev–Trinajstić information content (AvgIpc) is 3.46. The lowest BCUT2D eigenvalue weighted by Crippen LogP contribution is -2.54. The number of carbonyl (C=O) groups excluding carboxylic acids is 6. The first-order valence-corrected chi connectivity index (χ1v) is 22.0. The number of aromatic nitrogens is 2. The van der Waals surface area contributed by atoms with Crippen LogP contribution in [0.1, 0.15) is 95.4 Å². The third kappa shape index (κ3) is 8.09. The number of anilines is 4. The lowest BCUT2D eigenvalue weighted by molar-refractivity contribution is -0.136. The number of carbonyl (C=O) groups is 6. The zero-order valence-corrected chi connectivity index (χ0v) is 33.6. The van der Waals surface area contributed by atoms with Crippen LogP contribution in [0.25, 0.3) is 0 Å². The van der Waals surface area contributed by atoms with Crippen LogP contribution in [0.4, 0.5) is 23.0 Å². The highest BCUT2D eigenvalue weighted by molar-refractivity contribution is 7.90. The molecule has 59 heavy (non-hydrogen) atoms. The van der Waals surface area contributed by atoms with Crippen molar-refractivity contribution in [2.75, 3.05) is 47.6 Å². The first kappa shape index (κ1) is 39.9. The lowest BCUT2D eigenvalue weighted by atomic mass is 9.65. The number of benzene rings is 2. The minimum atomic E-state index is -3.38. The molecule has 4 fully saturated rings. The van der Waals surface area contributed by atoms with Crippen LogP contribution in [0.5, 0.6) is 0 Å². The Morgan fingerprint density at radius 1 is 0.881 bits per heavy atom. The summed E-state index contributed by atoms with van der Waals surface area (Å²) in [5.41, 5.74) is 7.57. The van der Waals surface area contributed by atoms with Crippen molar-refractivity contribution in [1.82, 2.24) is 25.5 Å². The van der Waals surface area contributed by atoms with Gasteiger partial charge in [-0.2, -0.15) is 0 Å². The number of fused-ring (bicyclic) bond motifs is 1. The smallest absolute Gasteiger partial charge is 0.271 e. The molecule has 17 nitrogen and oxygen atoms in total. The fourth-order valence-electron chi connectivity index (χ4n) is 9.23. The van der Waals surface area contributed by atoms with Gasteiger partial charge < -0.3 is 26.2 Å². The highest BCUT2D eigenvalue weighted by Crippen LogP contribution is 2.47. The molecule has 8 rings (SSSR count). The molecule has 6 amide bonds. The summed E-state index contributed by atoms with van der Waals surface area (Å²) in [6.07, 6.45) is 9.82. The second-order valence-corrected chi connectivity index (χ2v) is 18.5. The van der Waals surface area contributed by atoms with E-state index < -0.39 is 45.4 Å². The van der Waals surface area contributed by atoms with Crippen molar-refractivity contribution in [2.24, 2.45) is 17.1 Å². The van der Waals surface area contributed by atoms with Gasteiger partial charge in [-0.3, -0.25) is 39.0 Å². The molecular formula is C41H47N9O8S. The Hall–Kier alpha value is -5.91. The second-order valence-electron chi connectivity index (χ2n) is 16.4. The Kier molecular flexibility index (Phi) is 10.6. The number of piperidine rings is 3. The summed E-state index contributed by atoms with van der Waals surface area (Å²) in [6, 6.07) is 10.2. The number of hydrogen-bond acceptors (Lipinski definition) is 13. The number of sulfone groups is 1. The highest BCUT2D eigenvalue weighted by Gasteiger charge is 2.45. The molecule has 5 N–H and O–H groups in total. The molecular weight excluding hydrogens is 779 g/mol. The fraction of sp³-hybridized carbons (Fsp3) is 0.463. The van der Waals surface area contributed by atoms with Crippen molar-refractivity contribution in [3.63, 3.8) is 0 Å². The molecule has 1 unspecified atom stereocenters. The molecule has 1 aromatic heterocycles. The van der Waals surface area contributed by atoms with Crippen molar-refractivity contribution < 1.29 is 37.2 Å². The van der Waals surface area contributed by atoms with Crippen LogP contribution in [0, 0.1) is 11.3 Å². The minimum absolute atomic E-state index is 0.0546. The molecule has 1 saturated carbocycles. The number of amides is 6. The standard InChI is InChI=1S/C41H47N9O8S/c1-59(57,58)28-7-4-25(5-8-28)44-36-34(35(42)52)43-22-32(46-36)49-18-2-3-26(23-49)45-37(53)24-12-14-41(15-13-24)16-19-48(20-17-41)27-6-9-29-30(21-27)40(56)50(39(29)55)31-10-11-33(51)47-38(31)54/h4-9,21-22,24,26,31H,2-3,10-20,23H2,1H3,(H2,42,52)(H,44,46)(H,45,53)(H,47,51,54)/t26-,31?/m1/s1. The zero-order chi connectivity index (χ0) is 41.6. The van der Waals surface area contributed by atoms with Gasteiger partial charge in [-0.05, 0) is 106 Å². The third-order valence-corrected chi connectivity index (χ3v) is 13.8. The summed E-state index contributed by atoms with van der Waals surface area (Å²) < 4.78 is 23.8. The molecule has 2 aromatic carbocycles. The molecule has 3 aromatic rings. The Bertz CT molecular complexity index is 2340. The van der Waals surface area contributed by atoms with Gasteiger partial charge in [0.15, 0.2) is 21.3 Å². The van der Waals surface area contributed by atoms with Crippen LogP contribution in [0.15, 0.2) is 53.6 Å². The van der Waals surface area contributed by atoms with Gasteiger partial charge in [0.05, 0.1) is 22.2 Å². The number of nitrogens with one attached hydrogen (secondary N) is 3. The van der Waals surface area contributed by atoms with E-state index in [4.69, 9.17) is 5.73 Å². The summed E-state index contributed by atoms with van der Waals surface area (Å²) >= 11 is 0. The van der Waals surface area contributed by atoms with E-state index in [0.29, 0.717) is 24.6 Å². The molecule has 18 heteroatoms. The van der Waals surface area contributed by atoms with Crippen LogP contribution in [0.2, 0.25) is 0 Å². The molecule has 3 saturated heterocycles. The van der Waals surface area contributed by atoms with E-state index in [1.54, 1.807) is 24.3 Å². The van der Waals surface area contributed by atoms with Crippen LogP contribution < -0.4 is 31.5 Å². The first-order valence-electron chi connectivity index (χ1n) is 20.1. The zero-order valence-electron chi connectivity index (χ0n) is 32.7. The van der Waals surface area contributed by atoms with Gasteiger partial charge >= 0.3 is 0 Å². The lowest BCUT2D eigenvalue weighted by Gasteiger charge is -2.46. The maximum Gasteiger partial charge on any atom is 0.271 e. The molecule has 4 aliphatic heterocycles. The van der Waals surface area contributed by atoms with E-state index in [9.17, 15) is 37.2 Å². The SMILES string of the molecule is CS(=O)(=O)c1ccc(Nc2nc(N3CCC[C@@H](NC(=O)C4CCC5(CC4)CCN(c4ccc6c(c4)C(=O)N(C4CCC(=O)NC4=O)C6=O)CC5)C3)cnc2C(N)=O)cc1. The van der Waals surface area contributed by atoms with Crippen molar-refractivity contribution in [3.8, 4) is 0 Å². The Labute approximate surface area is 341 Å². The van der Waals surface area contributed by atoms with Gasteiger partial charge in [0.2, 0.25) is 17.7 Å². The summed E-state index contributed by atoms with van der Waals surface area (Å²) in [5, 5.41) is 8.58. The van der Waals surface area contributed by atoms with Crippen LogP contribution >= 0.6 is 0 Å². The van der Waals surface area contributed by atoms with Crippen molar-refractivity contribution in [3.05, 3.63) is 65.5 Å². The number of nitrogens with two attached hydrogens (primary N) is 1. The predicted octanol–water partition coefficient (Wildman–Crippen LogP) is 2.69. The third-order valence-electron chi connectivity index (χ3n) is 12.7. The summed E-state index contributed by atoms with van der Waals surface area (Å²) in [6.45, 7) is 2.76. The topological polar surface area (TPSA) is 234 Å². The molecule has 2 atom stereocenters. The van der Waals surface area contributed by atoms with E-state index in [-0.39, 0.29) is 63.7 Å². The number of hydrogen-bond donors (Lipinski definition) is 4. The first-order chi connectivity index (χ1) is 28.2. The number of rotatable bonds is 9. The fourth-order valence-corrected chi connectivity index (χ4v) is 9.86. The normalized spacial score (nSPS) is 22.3. The number of nitrogens with zero attached hydrogens (tertiary/aromatic N) is 5. The van der Waals surface area contributed by atoms with Gasteiger partial charge in [0.25, 0.3) is 17.7 Å². The molecule has 5 aliphatic rings. The molecule has 1 aliphatic carbocycles. The average molecular weight is 826 g/mol. The molecule has 0 radical (unpaired) electrons. The molecule has 5 heterocycles. The van der Waals surface area contributed by atoms with Crippen LogP contribution in [-0.2, 0) is 24.2 Å². The van der Waals surface area contributed by atoms with E-state index in [1.807, 2.05) is 11.0 Å². The summed E-state index contributed by atoms with van der Waals surface area (Å²) in [7, 11) is -3.38. The van der Waals surface area contributed by atoms with Crippen molar-refractivity contribution in [1.29, 1.82) is 0 Å². The highest BCUT2D eigenvalue weighted by atomic mass is 32.2. The number of imide groups is 2. The molecule has 310 valence electrons. The monoisotopic (exact) mass is 825 g/mol. The molecule has 0 bridgehead atoms. The summed E-state index contributed by atoms with van der Waals surface area (Å²) in [5.74, 6) is -2.20. The summed E-state index contributed by atoms with van der Waals surface area (Å²) in [4.78, 5) is 90.8. The maximum absolute atomic E-state index is 13.6. The van der Waals surface area contributed by atoms with Gasteiger partial charge in [-0.1, -0.05) is 0 Å². The molecule has 1 spiro atoms. The van der Waals surface area contributed by atoms with Gasteiger partial charge in [0.1, 0.15) is 11.9 Å². The largest absolute Gasteiger partial charge is 0.371 e. The predicted molar refractivity (Wildman–Crippen MR) is 216 cm³/mol. The minimum Gasteiger partial charge on any atom is -0.371 e. The van der Waals surface area contributed by atoms with E-state index in [1.165, 1.54) is 18.3 Å². The Balaban J connectivity index is 0.837. The van der Waals surface area contributed by atoms with E-state index >= 15 is 0 Å². The van der Waals surface area contributed by atoms with Crippen LogP contribution in [-0.4, -0.2) is 103 Å². The van der Waals surface area contributed by atoms with Gasteiger partial charge in [0, 0.05) is 62.2 Å². The number of primary amides is 1. The van der Waals surface area contributed by atoms with E-state index in [2.05, 4.69) is 30.8 Å². The van der Waals surface area contributed by atoms with Gasteiger partial charge in [-0.25, -0.2) is 18.4 Å². The van der Waals surface area contributed by atoms with Gasteiger partial charge in [-0.15, -0.1) is 0 Å². The van der Waals surface area contributed by atoms with Crippen molar-refractivity contribution >= 4 is 68.3 Å². The Morgan fingerprint density at radius 2 is 1.59 bits per heavy atom. The Morgan fingerprint density at radius 3 is 2.27 bits per heavy atom. The quantitative estimate of drug-likeness (QED) is 0.228. The van der Waals surface area contributed by atoms with Crippen molar-refractivity contribution in [2.45, 2.75) is 81.2 Å². The van der Waals surface area contributed by atoms with E-state index in [0.717, 1.165) is 81.3 Å². The maximum atomic E-state index is 13.6. The second kappa shape index (κ2) is 15.7. The van der Waals surface area contributed by atoms with Crippen LogP contribution in [0.3, 0.4) is 0 Å².